The van der Waals surface area contributed by atoms with Crippen molar-refractivity contribution in [3.05, 3.63) is 33.8 Å². The lowest BCUT2D eigenvalue weighted by Crippen LogP contribution is -2.00. The first-order valence-electron chi connectivity index (χ1n) is 6.01. The molecule has 2 rings (SSSR count). The highest BCUT2D eigenvalue weighted by Gasteiger charge is 2.19. The number of aromatic nitrogens is 2. The lowest BCUT2D eigenvalue weighted by Gasteiger charge is -2.10. The second kappa shape index (κ2) is 4.76. The van der Waals surface area contributed by atoms with Crippen LogP contribution >= 0.6 is 15.9 Å². The fourth-order valence-corrected chi connectivity index (χ4v) is 2.55. The average molecular weight is 308 g/mol. The van der Waals surface area contributed by atoms with E-state index in [0.29, 0.717) is 5.92 Å². The van der Waals surface area contributed by atoms with Crippen molar-refractivity contribution in [2.24, 2.45) is 7.05 Å². The van der Waals surface area contributed by atoms with Gasteiger partial charge in [0.2, 0.25) is 0 Å². The van der Waals surface area contributed by atoms with E-state index in [0.717, 1.165) is 27.1 Å². The van der Waals surface area contributed by atoms with Crippen molar-refractivity contribution in [2.75, 3.05) is 5.73 Å². The van der Waals surface area contributed by atoms with Gasteiger partial charge in [0.25, 0.3) is 0 Å². The van der Waals surface area contributed by atoms with Crippen molar-refractivity contribution in [1.82, 2.24) is 9.78 Å². The molecule has 0 aliphatic rings. The molecule has 1 aromatic carbocycles. The number of hydrogen-bond donors (Lipinski definition) is 1. The van der Waals surface area contributed by atoms with Gasteiger partial charge in [0.1, 0.15) is 5.82 Å². The van der Waals surface area contributed by atoms with E-state index in [4.69, 9.17) is 5.73 Å². The van der Waals surface area contributed by atoms with Gasteiger partial charge < -0.3 is 5.73 Å². The topological polar surface area (TPSA) is 43.8 Å². The van der Waals surface area contributed by atoms with Crippen LogP contribution in [-0.2, 0) is 7.05 Å². The summed E-state index contributed by atoms with van der Waals surface area (Å²) in [5.41, 5.74) is 10.6. The van der Waals surface area contributed by atoms with Crippen LogP contribution in [0.15, 0.2) is 22.7 Å². The maximum atomic E-state index is 6.12. The van der Waals surface area contributed by atoms with Gasteiger partial charge in [-0.2, -0.15) is 5.10 Å². The van der Waals surface area contributed by atoms with Gasteiger partial charge in [-0.1, -0.05) is 41.9 Å². The summed E-state index contributed by atoms with van der Waals surface area (Å²) in [5.74, 6) is 1.10. The summed E-state index contributed by atoms with van der Waals surface area (Å²) < 4.78 is 2.85. The number of anilines is 1. The maximum absolute atomic E-state index is 6.12. The lowest BCUT2D eigenvalue weighted by molar-refractivity contribution is 0.779. The molecule has 0 saturated heterocycles. The smallest absolute Gasteiger partial charge is 0.125 e. The number of benzene rings is 1. The van der Waals surface area contributed by atoms with Gasteiger partial charge in [-0.05, 0) is 24.5 Å². The predicted octanol–water partition coefficient (Wildman–Crippen LogP) is 3.86. The van der Waals surface area contributed by atoms with Crippen LogP contribution in [0.5, 0.6) is 0 Å². The van der Waals surface area contributed by atoms with Crippen LogP contribution in [0.3, 0.4) is 0 Å². The molecule has 0 amide bonds. The summed E-state index contributed by atoms with van der Waals surface area (Å²) in [7, 11) is 1.89. The first-order valence-corrected chi connectivity index (χ1v) is 6.80. The Bertz CT molecular complexity index is 585. The number of halogens is 1. The molecular formula is C14H18BrN3. The molecule has 4 heteroatoms. The van der Waals surface area contributed by atoms with Crippen LogP contribution in [0.1, 0.15) is 30.9 Å². The van der Waals surface area contributed by atoms with E-state index in [-0.39, 0.29) is 0 Å². The second-order valence-corrected chi connectivity index (χ2v) is 5.69. The lowest BCUT2D eigenvalue weighted by atomic mass is 9.96. The summed E-state index contributed by atoms with van der Waals surface area (Å²) in [5, 5.41) is 4.57. The molecule has 0 unspecified atom stereocenters. The zero-order valence-corrected chi connectivity index (χ0v) is 12.7. The molecule has 0 radical (unpaired) electrons. The van der Waals surface area contributed by atoms with Gasteiger partial charge in [-0.3, -0.25) is 4.68 Å². The average Bonchev–Trinajstić information content (AvgIpc) is 2.59. The molecule has 0 atom stereocenters. The SMILES string of the molecule is Cc1c(Br)cccc1-c1nn(C)c(N)c1C(C)C. The highest BCUT2D eigenvalue weighted by Crippen LogP contribution is 2.35. The van der Waals surface area contributed by atoms with Gasteiger partial charge in [0.05, 0.1) is 5.69 Å². The Morgan fingerprint density at radius 2 is 2.00 bits per heavy atom. The number of aryl methyl sites for hydroxylation is 1. The monoisotopic (exact) mass is 307 g/mol. The molecule has 18 heavy (non-hydrogen) atoms. The fourth-order valence-electron chi connectivity index (χ4n) is 2.19. The molecular weight excluding hydrogens is 290 g/mol. The molecule has 0 bridgehead atoms. The standard InChI is InChI=1S/C14H18BrN3/c1-8(2)12-13(17-18(4)14(12)16)10-6-5-7-11(15)9(10)3/h5-8H,16H2,1-4H3. The summed E-state index contributed by atoms with van der Waals surface area (Å²) in [6.07, 6.45) is 0. The van der Waals surface area contributed by atoms with Gasteiger partial charge in [0.15, 0.2) is 0 Å². The van der Waals surface area contributed by atoms with E-state index >= 15 is 0 Å². The number of nitrogens with zero attached hydrogens (tertiary/aromatic N) is 2. The molecule has 1 heterocycles. The number of hydrogen-bond acceptors (Lipinski definition) is 2. The summed E-state index contributed by atoms with van der Waals surface area (Å²) in [6.45, 7) is 6.38. The minimum atomic E-state index is 0.354. The van der Waals surface area contributed by atoms with Crippen LogP contribution in [0, 0.1) is 6.92 Å². The van der Waals surface area contributed by atoms with Crippen molar-refractivity contribution < 1.29 is 0 Å². The van der Waals surface area contributed by atoms with Crippen LogP contribution in [-0.4, -0.2) is 9.78 Å². The van der Waals surface area contributed by atoms with Crippen LogP contribution in [0.4, 0.5) is 5.82 Å². The third-order valence-electron chi connectivity index (χ3n) is 3.23. The van der Waals surface area contributed by atoms with Crippen molar-refractivity contribution in [2.45, 2.75) is 26.7 Å². The van der Waals surface area contributed by atoms with Crippen LogP contribution < -0.4 is 5.73 Å². The van der Waals surface area contributed by atoms with Crippen LogP contribution in [0.2, 0.25) is 0 Å². The van der Waals surface area contributed by atoms with Crippen molar-refractivity contribution in [1.29, 1.82) is 0 Å². The Hall–Kier alpha value is -1.29. The quantitative estimate of drug-likeness (QED) is 0.915. The Morgan fingerprint density at radius 1 is 1.33 bits per heavy atom. The normalized spacial score (nSPS) is 11.2. The molecule has 3 nitrogen and oxygen atoms in total. The number of nitrogens with two attached hydrogens (primary N) is 1. The minimum absolute atomic E-state index is 0.354. The molecule has 96 valence electrons. The first-order chi connectivity index (χ1) is 8.43. The zero-order valence-electron chi connectivity index (χ0n) is 11.2. The molecule has 0 aliphatic carbocycles. The molecule has 2 N–H and O–H groups in total. The Labute approximate surface area is 116 Å². The summed E-state index contributed by atoms with van der Waals surface area (Å²) in [6, 6.07) is 6.16. The van der Waals surface area contributed by atoms with Gasteiger partial charge >= 0.3 is 0 Å². The van der Waals surface area contributed by atoms with Gasteiger partial charge in [0, 0.05) is 22.6 Å². The second-order valence-electron chi connectivity index (χ2n) is 4.84. The van der Waals surface area contributed by atoms with E-state index in [2.05, 4.69) is 47.9 Å². The Morgan fingerprint density at radius 3 is 2.61 bits per heavy atom. The van der Waals surface area contributed by atoms with E-state index in [1.807, 2.05) is 19.2 Å². The Kier molecular flexibility index (Phi) is 3.48. The third-order valence-corrected chi connectivity index (χ3v) is 4.09. The summed E-state index contributed by atoms with van der Waals surface area (Å²) >= 11 is 3.56. The Balaban J connectivity index is 2.71. The molecule has 1 aromatic heterocycles. The zero-order chi connectivity index (χ0) is 13.4. The summed E-state index contributed by atoms with van der Waals surface area (Å²) in [4.78, 5) is 0. The van der Waals surface area contributed by atoms with Crippen molar-refractivity contribution in [3.63, 3.8) is 0 Å². The molecule has 0 spiro atoms. The molecule has 0 fully saturated rings. The van der Waals surface area contributed by atoms with Gasteiger partial charge in [-0.25, -0.2) is 0 Å². The van der Waals surface area contributed by atoms with Crippen molar-refractivity contribution in [3.8, 4) is 11.3 Å². The number of nitrogen functional groups attached to an aromatic ring is 1. The third kappa shape index (κ3) is 2.05. The first kappa shape index (κ1) is 13.1. The molecule has 0 saturated carbocycles. The maximum Gasteiger partial charge on any atom is 0.125 e. The van der Waals surface area contributed by atoms with E-state index in [9.17, 15) is 0 Å². The highest BCUT2D eigenvalue weighted by atomic mass is 79.9. The van der Waals surface area contributed by atoms with E-state index < -0.39 is 0 Å². The van der Waals surface area contributed by atoms with Crippen LogP contribution in [0.25, 0.3) is 11.3 Å². The van der Waals surface area contributed by atoms with Gasteiger partial charge in [-0.15, -0.1) is 0 Å². The number of rotatable bonds is 2. The molecule has 0 aliphatic heterocycles. The molecule has 2 aromatic rings. The van der Waals surface area contributed by atoms with E-state index in [1.165, 1.54) is 5.56 Å². The van der Waals surface area contributed by atoms with Crippen molar-refractivity contribution >= 4 is 21.7 Å². The van der Waals surface area contributed by atoms with E-state index in [1.54, 1.807) is 4.68 Å². The largest absolute Gasteiger partial charge is 0.384 e. The predicted molar refractivity (Wildman–Crippen MR) is 79.6 cm³/mol. The minimum Gasteiger partial charge on any atom is -0.384 e. The fraction of sp³-hybridized carbons (Fsp3) is 0.357. The highest BCUT2D eigenvalue weighted by molar-refractivity contribution is 9.10.